The molecule has 0 radical (unpaired) electrons. The average Bonchev–Trinajstić information content (AvgIpc) is 2.26. The molecular formula is C14H19NO. The SMILES string of the molecule is C#CCCC(N)CCOc1cccc(C)c1. The van der Waals surface area contributed by atoms with Crippen LogP contribution in [0.25, 0.3) is 0 Å². The molecule has 1 aromatic carbocycles. The van der Waals surface area contributed by atoms with Crippen molar-refractivity contribution in [1.82, 2.24) is 0 Å². The smallest absolute Gasteiger partial charge is 0.119 e. The Morgan fingerprint density at radius 1 is 1.44 bits per heavy atom. The largest absolute Gasteiger partial charge is 0.494 e. The van der Waals surface area contributed by atoms with E-state index in [2.05, 4.69) is 5.92 Å². The fourth-order valence-electron chi connectivity index (χ4n) is 1.45. The Morgan fingerprint density at radius 3 is 2.94 bits per heavy atom. The molecule has 1 rings (SSSR count). The third-order valence-electron chi connectivity index (χ3n) is 2.41. The summed E-state index contributed by atoms with van der Waals surface area (Å²) < 4.78 is 5.61. The van der Waals surface area contributed by atoms with Crippen LogP contribution < -0.4 is 10.5 Å². The summed E-state index contributed by atoms with van der Waals surface area (Å²) in [6.45, 7) is 2.70. The molecule has 2 N–H and O–H groups in total. The number of aryl methyl sites for hydroxylation is 1. The Kier molecular flexibility index (Phi) is 5.45. The third-order valence-corrected chi connectivity index (χ3v) is 2.41. The molecule has 0 spiro atoms. The van der Waals surface area contributed by atoms with E-state index in [1.54, 1.807) is 0 Å². The van der Waals surface area contributed by atoms with Crippen molar-refractivity contribution in [3.8, 4) is 18.1 Å². The first-order valence-corrected chi connectivity index (χ1v) is 5.61. The lowest BCUT2D eigenvalue weighted by Crippen LogP contribution is -2.22. The van der Waals surface area contributed by atoms with E-state index in [1.807, 2.05) is 31.2 Å². The minimum Gasteiger partial charge on any atom is -0.494 e. The second-order valence-corrected chi connectivity index (χ2v) is 3.96. The second-order valence-electron chi connectivity index (χ2n) is 3.96. The highest BCUT2D eigenvalue weighted by Gasteiger charge is 2.02. The van der Waals surface area contributed by atoms with E-state index in [1.165, 1.54) is 5.56 Å². The van der Waals surface area contributed by atoms with E-state index in [4.69, 9.17) is 16.9 Å². The zero-order valence-corrected chi connectivity index (χ0v) is 9.78. The number of rotatable bonds is 6. The minimum absolute atomic E-state index is 0.140. The van der Waals surface area contributed by atoms with Gasteiger partial charge in [-0.05, 0) is 37.5 Å². The lowest BCUT2D eigenvalue weighted by atomic mass is 10.1. The standard InChI is InChI=1S/C14H19NO/c1-3-4-7-13(15)9-10-16-14-8-5-6-12(2)11-14/h1,5-6,8,11,13H,4,7,9-10,15H2,2H3. The molecule has 0 aliphatic carbocycles. The number of nitrogens with two attached hydrogens (primary N) is 1. The number of ether oxygens (including phenoxy) is 1. The Bertz CT molecular complexity index is 354. The fraction of sp³-hybridized carbons (Fsp3) is 0.429. The molecule has 0 heterocycles. The van der Waals surface area contributed by atoms with Crippen LogP contribution in [0, 0.1) is 19.3 Å². The molecule has 16 heavy (non-hydrogen) atoms. The maximum absolute atomic E-state index is 5.88. The number of terminal acetylenes is 1. The summed E-state index contributed by atoms with van der Waals surface area (Å²) in [5, 5.41) is 0. The summed E-state index contributed by atoms with van der Waals surface area (Å²) in [6, 6.07) is 8.15. The van der Waals surface area contributed by atoms with Gasteiger partial charge in [0.05, 0.1) is 6.61 Å². The summed E-state index contributed by atoms with van der Waals surface area (Å²) in [5.74, 6) is 3.50. The lowest BCUT2D eigenvalue weighted by molar-refractivity contribution is 0.295. The van der Waals surface area contributed by atoms with E-state index >= 15 is 0 Å². The van der Waals surface area contributed by atoms with Gasteiger partial charge in [0.1, 0.15) is 5.75 Å². The zero-order valence-electron chi connectivity index (χ0n) is 9.78. The molecule has 0 saturated carbocycles. The molecule has 2 heteroatoms. The maximum atomic E-state index is 5.88. The van der Waals surface area contributed by atoms with Crippen molar-refractivity contribution in [2.24, 2.45) is 5.73 Å². The van der Waals surface area contributed by atoms with Gasteiger partial charge in [0.2, 0.25) is 0 Å². The quantitative estimate of drug-likeness (QED) is 0.743. The highest BCUT2D eigenvalue weighted by atomic mass is 16.5. The third kappa shape index (κ3) is 4.86. The molecule has 0 amide bonds. The van der Waals surface area contributed by atoms with Crippen LogP contribution in [0.5, 0.6) is 5.75 Å². The average molecular weight is 217 g/mol. The highest BCUT2D eigenvalue weighted by Crippen LogP contribution is 2.12. The zero-order chi connectivity index (χ0) is 11.8. The van der Waals surface area contributed by atoms with Crippen LogP contribution in [-0.2, 0) is 0 Å². The molecule has 1 atom stereocenters. The molecule has 0 fully saturated rings. The predicted molar refractivity (Wildman–Crippen MR) is 67.3 cm³/mol. The molecule has 2 nitrogen and oxygen atoms in total. The summed E-state index contributed by atoms with van der Waals surface area (Å²) >= 11 is 0. The van der Waals surface area contributed by atoms with Gasteiger partial charge in [-0.15, -0.1) is 12.3 Å². The van der Waals surface area contributed by atoms with Crippen molar-refractivity contribution in [2.75, 3.05) is 6.61 Å². The highest BCUT2D eigenvalue weighted by molar-refractivity contribution is 5.27. The minimum atomic E-state index is 0.140. The summed E-state index contributed by atoms with van der Waals surface area (Å²) in [7, 11) is 0. The van der Waals surface area contributed by atoms with E-state index < -0.39 is 0 Å². The van der Waals surface area contributed by atoms with Gasteiger partial charge in [-0.1, -0.05) is 12.1 Å². The Morgan fingerprint density at radius 2 is 2.25 bits per heavy atom. The fourth-order valence-corrected chi connectivity index (χ4v) is 1.45. The van der Waals surface area contributed by atoms with Crippen molar-refractivity contribution in [2.45, 2.75) is 32.2 Å². The predicted octanol–water partition coefficient (Wildman–Crippen LogP) is 2.50. The molecule has 86 valence electrons. The lowest BCUT2D eigenvalue weighted by Gasteiger charge is -2.11. The van der Waals surface area contributed by atoms with Gasteiger partial charge in [0.25, 0.3) is 0 Å². The van der Waals surface area contributed by atoms with E-state index in [0.29, 0.717) is 6.61 Å². The van der Waals surface area contributed by atoms with Crippen molar-refractivity contribution >= 4 is 0 Å². The van der Waals surface area contributed by atoms with Crippen molar-refractivity contribution in [3.05, 3.63) is 29.8 Å². The molecule has 0 aliphatic rings. The van der Waals surface area contributed by atoms with Gasteiger partial charge >= 0.3 is 0 Å². The van der Waals surface area contributed by atoms with Crippen LogP contribution in [0.1, 0.15) is 24.8 Å². The number of hydrogen-bond donors (Lipinski definition) is 1. The molecule has 0 aromatic heterocycles. The Hall–Kier alpha value is -1.46. The second kappa shape index (κ2) is 6.92. The van der Waals surface area contributed by atoms with Crippen LogP contribution in [0.3, 0.4) is 0 Å². The van der Waals surface area contributed by atoms with Gasteiger partial charge < -0.3 is 10.5 Å². The normalized spacial score (nSPS) is 11.8. The first kappa shape index (κ1) is 12.6. The van der Waals surface area contributed by atoms with Crippen molar-refractivity contribution in [3.63, 3.8) is 0 Å². The van der Waals surface area contributed by atoms with Crippen LogP contribution in [-0.4, -0.2) is 12.6 Å². The van der Waals surface area contributed by atoms with Gasteiger partial charge in [-0.25, -0.2) is 0 Å². The van der Waals surface area contributed by atoms with Crippen LogP contribution in [0.2, 0.25) is 0 Å². The van der Waals surface area contributed by atoms with Gasteiger partial charge in [0.15, 0.2) is 0 Å². The van der Waals surface area contributed by atoms with Gasteiger partial charge in [0, 0.05) is 12.5 Å². The first-order valence-electron chi connectivity index (χ1n) is 5.61. The topological polar surface area (TPSA) is 35.2 Å². The molecule has 0 aliphatic heterocycles. The van der Waals surface area contributed by atoms with Crippen LogP contribution >= 0.6 is 0 Å². The summed E-state index contributed by atoms with van der Waals surface area (Å²) in [4.78, 5) is 0. The van der Waals surface area contributed by atoms with E-state index in [0.717, 1.165) is 25.0 Å². The number of benzene rings is 1. The van der Waals surface area contributed by atoms with Gasteiger partial charge in [-0.3, -0.25) is 0 Å². The summed E-state index contributed by atoms with van der Waals surface area (Å²) in [6.07, 6.45) is 7.63. The van der Waals surface area contributed by atoms with Crippen LogP contribution in [0.4, 0.5) is 0 Å². The Balaban J connectivity index is 2.23. The molecule has 0 saturated heterocycles. The molecule has 0 bridgehead atoms. The Labute approximate surface area is 97.8 Å². The van der Waals surface area contributed by atoms with E-state index in [9.17, 15) is 0 Å². The van der Waals surface area contributed by atoms with Crippen LogP contribution in [0.15, 0.2) is 24.3 Å². The van der Waals surface area contributed by atoms with Crippen molar-refractivity contribution in [1.29, 1.82) is 0 Å². The first-order chi connectivity index (χ1) is 7.72. The number of hydrogen-bond acceptors (Lipinski definition) is 2. The molecule has 1 unspecified atom stereocenters. The monoisotopic (exact) mass is 217 g/mol. The maximum Gasteiger partial charge on any atom is 0.119 e. The molecule has 1 aromatic rings. The van der Waals surface area contributed by atoms with Crippen molar-refractivity contribution < 1.29 is 4.74 Å². The summed E-state index contributed by atoms with van der Waals surface area (Å²) in [5.41, 5.74) is 7.08. The van der Waals surface area contributed by atoms with E-state index in [-0.39, 0.29) is 6.04 Å². The van der Waals surface area contributed by atoms with Gasteiger partial charge in [-0.2, -0.15) is 0 Å². The molecular weight excluding hydrogens is 198 g/mol.